The number of carbonyl (C=O) groups is 3. The maximum absolute atomic E-state index is 12.8. The molecule has 0 aliphatic carbocycles. The van der Waals surface area contributed by atoms with Gasteiger partial charge >= 0.3 is 17.9 Å². The van der Waals surface area contributed by atoms with Crippen molar-refractivity contribution in [1.29, 1.82) is 0 Å². The Kier molecular flexibility index (Phi) is 52.4. The first kappa shape index (κ1) is 64.1. The monoisotopic (exact) mass is 943 g/mol. The zero-order valence-corrected chi connectivity index (χ0v) is 44.1. The van der Waals surface area contributed by atoms with Crippen LogP contribution in [0.4, 0.5) is 0 Å². The van der Waals surface area contributed by atoms with Crippen LogP contribution in [-0.4, -0.2) is 37.2 Å². The number of hydrogen-bond acceptors (Lipinski definition) is 6. The van der Waals surface area contributed by atoms with E-state index < -0.39 is 6.10 Å². The molecule has 68 heavy (non-hydrogen) atoms. The molecule has 386 valence electrons. The van der Waals surface area contributed by atoms with Crippen LogP contribution in [0.3, 0.4) is 0 Å². The van der Waals surface area contributed by atoms with Gasteiger partial charge in [-0.1, -0.05) is 233 Å². The van der Waals surface area contributed by atoms with Crippen molar-refractivity contribution < 1.29 is 28.6 Å². The standard InChI is InChI=1S/C62H102O6/c1-4-7-10-13-16-18-20-22-24-26-27-28-29-30-31-32-33-34-35-37-38-40-42-44-46-49-52-55-61(64)67-58-59(57-66-60(63)54-51-48-15-12-9-6-3)68-62(65)56-53-50-47-45-43-41-39-36-25-23-21-19-17-14-11-8-5-2/h7-8,10-11,16-19,22-25,27-28,30-31,33-34,59H,4-6,9,12-15,20-21,26,29,32,35-58H2,1-3H3/b10-7-,11-8-,18-16-,19-17-,24-22-,25-23-,28-27-,31-30-,34-33-. The maximum Gasteiger partial charge on any atom is 0.306 e. The number of rotatable bonds is 49. The molecule has 0 amide bonds. The zero-order chi connectivity index (χ0) is 49.3. The molecule has 6 nitrogen and oxygen atoms in total. The van der Waals surface area contributed by atoms with Gasteiger partial charge in [0.25, 0.3) is 0 Å². The van der Waals surface area contributed by atoms with E-state index in [-0.39, 0.29) is 31.1 Å². The zero-order valence-electron chi connectivity index (χ0n) is 44.1. The molecule has 0 N–H and O–H groups in total. The van der Waals surface area contributed by atoms with Crippen molar-refractivity contribution >= 4 is 17.9 Å². The summed E-state index contributed by atoms with van der Waals surface area (Å²) in [7, 11) is 0. The number of allylic oxidation sites excluding steroid dienone is 18. The number of esters is 3. The lowest BCUT2D eigenvalue weighted by atomic mass is 10.1. The third kappa shape index (κ3) is 53.0. The highest BCUT2D eigenvalue weighted by Gasteiger charge is 2.19. The second kappa shape index (κ2) is 55.7. The lowest BCUT2D eigenvalue weighted by Crippen LogP contribution is -2.30. The minimum Gasteiger partial charge on any atom is -0.462 e. The van der Waals surface area contributed by atoms with Crippen LogP contribution in [0.1, 0.15) is 245 Å². The van der Waals surface area contributed by atoms with Gasteiger partial charge in [0.05, 0.1) is 0 Å². The van der Waals surface area contributed by atoms with Crippen LogP contribution in [0.2, 0.25) is 0 Å². The predicted octanol–water partition coefficient (Wildman–Crippen LogP) is 18.7. The minimum atomic E-state index is -0.785. The number of ether oxygens (including phenoxy) is 3. The molecule has 0 radical (unpaired) electrons. The van der Waals surface area contributed by atoms with Crippen LogP contribution in [-0.2, 0) is 28.6 Å². The molecule has 6 heteroatoms. The van der Waals surface area contributed by atoms with Gasteiger partial charge in [-0.15, -0.1) is 0 Å². The minimum absolute atomic E-state index is 0.0857. The van der Waals surface area contributed by atoms with E-state index >= 15 is 0 Å². The van der Waals surface area contributed by atoms with Crippen LogP contribution in [0, 0.1) is 0 Å². The first-order valence-corrected chi connectivity index (χ1v) is 27.9. The van der Waals surface area contributed by atoms with E-state index in [0.717, 1.165) is 128 Å². The largest absolute Gasteiger partial charge is 0.462 e. The van der Waals surface area contributed by atoms with E-state index in [4.69, 9.17) is 14.2 Å². The SMILES string of the molecule is CC/C=C\C/C=C\C/C=C\C/C=C\C/C=C\C/C=C\CCCCCCCCCCC(=O)OCC(COC(=O)CCCCCCCC)OC(=O)CCCCCCCCC/C=C\C/C=C\C/C=C\CC. The number of hydrogen-bond donors (Lipinski definition) is 0. The molecule has 1 unspecified atom stereocenters. The van der Waals surface area contributed by atoms with E-state index in [9.17, 15) is 14.4 Å². The topological polar surface area (TPSA) is 78.9 Å². The Morgan fingerprint density at radius 1 is 0.309 bits per heavy atom. The van der Waals surface area contributed by atoms with Gasteiger partial charge in [0.15, 0.2) is 6.10 Å². The predicted molar refractivity (Wildman–Crippen MR) is 293 cm³/mol. The van der Waals surface area contributed by atoms with Crippen molar-refractivity contribution in [2.75, 3.05) is 13.2 Å². The second-order valence-electron chi connectivity index (χ2n) is 18.1. The van der Waals surface area contributed by atoms with E-state index in [1.807, 2.05) is 0 Å². The van der Waals surface area contributed by atoms with E-state index in [2.05, 4.69) is 130 Å². The molecule has 1 atom stereocenters. The summed E-state index contributed by atoms with van der Waals surface area (Å²) < 4.78 is 16.7. The molecular weight excluding hydrogens is 841 g/mol. The number of carbonyl (C=O) groups excluding carboxylic acids is 3. The average Bonchev–Trinajstić information content (AvgIpc) is 3.34. The quantitative estimate of drug-likeness (QED) is 0.0262. The van der Waals surface area contributed by atoms with Gasteiger partial charge in [-0.25, -0.2) is 0 Å². The molecule has 0 aromatic heterocycles. The highest BCUT2D eigenvalue weighted by Crippen LogP contribution is 2.14. The molecule has 0 saturated carbocycles. The normalized spacial score (nSPS) is 12.9. The fourth-order valence-corrected chi connectivity index (χ4v) is 7.40. The smallest absolute Gasteiger partial charge is 0.306 e. The molecule has 0 heterocycles. The molecule has 0 aromatic carbocycles. The summed E-state index contributed by atoms with van der Waals surface area (Å²) >= 11 is 0. The molecule has 0 rings (SSSR count). The average molecular weight is 943 g/mol. The summed E-state index contributed by atoms with van der Waals surface area (Å²) in [5.74, 6) is -0.916. The second-order valence-corrected chi connectivity index (χ2v) is 18.1. The first-order valence-electron chi connectivity index (χ1n) is 27.9. The van der Waals surface area contributed by atoms with Crippen molar-refractivity contribution in [2.45, 2.75) is 252 Å². The van der Waals surface area contributed by atoms with Crippen LogP contribution in [0.5, 0.6) is 0 Å². The lowest BCUT2D eigenvalue weighted by Gasteiger charge is -2.18. The Hall–Kier alpha value is -3.93. The van der Waals surface area contributed by atoms with Gasteiger partial charge in [-0.2, -0.15) is 0 Å². The van der Waals surface area contributed by atoms with Crippen molar-refractivity contribution in [3.05, 3.63) is 109 Å². The molecule has 0 aliphatic heterocycles. The molecular formula is C62H102O6. The fourth-order valence-electron chi connectivity index (χ4n) is 7.40. The van der Waals surface area contributed by atoms with Gasteiger partial charge in [-0.05, 0) is 103 Å². The summed E-state index contributed by atoms with van der Waals surface area (Å²) in [6, 6.07) is 0. The van der Waals surface area contributed by atoms with Crippen LogP contribution >= 0.6 is 0 Å². The molecule has 0 saturated heterocycles. The molecule has 0 aromatic rings. The third-order valence-corrected chi connectivity index (χ3v) is 11.5. The van der Waals surface area contributed by atoms with Crippen molar-refractivity contribution in [2.24, 2.45) is 0 Å². The van der Waals surface area contributed by atoms with Crippen LogP contribution < -0.4 is 0 Å². The van der Waals surface area contributed by atoms with Gasteiger partial charge in [0.2, 0.25) is 0 Å². The Morgan fingerprint density at radius 3 is 0.897 bits per heavy atom. The summed E-state index contributed by atoms with van der Waals surface area (Å²) in [6.07, 6.45) is 75.3. The van der Waals surface area contributed by atoms with E-state index in [1.165, 1.54) is 77.0 Å². The van der Waals surface area contributed by atoms with Crippen LogP contribution in [0.15, 0.2) is 109 Å². The maximum atomic E-state index is 12.8. The van der Waals surface area contributed by atoms with Crippen molar-refractivity contribution in [1.82, 2.24) is 0 Å². The highest BCUT2D eigenvalue weighted by atomic mass is 16.6. The van der Waals surface area contributed by atoms with Gasteiger partial charge in [0.1, 0.15) is 13.2 Å². The third-order valence-electron chi connectivity index (χ3n) is 11.5. The number of unbranched alkanes of at least 4 members (excludes halogenated alkanes) is 20. The Morgan fingerprint density at radius 2 is 0.574 bits per heavy atom. The molecule has 0 bridgehead atoms. The highest BCUT2D eigenvalue weighted by molar-refractivity contribution is 5.71. The summed E-state index contributed by atoms with van der Waals surface area (Å²) in [5.41, 5.74) is 0. The first-order chi connectivity index (χ1) is 33.5. The van der Waals surface area contributed by atoms with Gasteiger partial charge in [-0.3, -0.25) is 14.4 Å². The molecule has 0 aliphatic rings. The van der Waals surface area contributed by atoms with Gasteiger partial charge < -0.3 is 14.2 Å². The summed E-state index contributed by atoms with van der Waals surface area (Å²) in [6.45, 7) is 6.33. The Balaban J connectivity index is 4.18. The van der Waals surface area contributed by atoms with E-state index in [1.54, 1.807) is 0 Å². The lowest BCUT2D eigenvalue weighted by molar-refractivity contribution is -0.167. The summed E-state index contributed by atoms with van der Waals surface area (Å²) in [5, 5.41) is 0. The van der Waals surface area contributed by atoms with Crippen molar-refractivity contribution in [3.8, 4) is 0 Å². The Bertz CT molecular complexity index is 1410. The van der Waals surface area contributed by atoms with E-state index in [0.29, 0.717) is 19.3 Å². The molecule has 0 fully saturated rings. The fraction of sp³-hybridized carbons (Fsp3) is 0.661. The Labute approximate surface area is 419 Å². The van der Waals surface area contributed by atoms with Gasteiger partial charge in [0, 0.05) is 19.3 Å². The molecule has 0 spiro atoms. The summed E-state index contributed by atoms with van der Waals surface area (Å²) in [4.78, 5) is 37.8. The van der Waals surface area contributed by atoms with Crippen LogP contribution in [0.25, 0.3) is 0 Å². The van der Waals surface area contributed by atoms with Crippen molar-refractivity contribution in [3.63, 3.8) is 0 Å².